The molecular weight excluding hydrogens is 248 g/mol. The summed E-state index contributed by atoms with van der Waals surface area (Å²) in [7, 11) is 0. The summed E-state index contributed by atoms with van der Waals surface area (Å²) in [5.41, 5.74) is 10.3. The zero-order valence-electron chi connectivity index (χ0n) is 12.0. The van der Waals surface area contributed by atoms with Crippen LogP contribution in [0.25, 0.3) is 16.7 Å². The third-order valence-corrected chi connectivity index (χ3v) is 3.44. The van der Waals surface area contributed by atoms with Gasteiger partial charge in [0.25, 0.3) is 0 Å². The van der Waals surface area contributed by atoms with Crippen molar-refractivity contribution in [3.8, 4) is 5.69 Å². The number of fused-ring (bicyclic) bond motifs is 1. The van der Waals surface area contributed by atoms with Gasteiger partial charge in [-0.25, -0.2) is 4.98 Å². The van der Waals surface area contributed by atoms with Crippen molar-refractivity contribution in [2.24, 2.45) is 0 Å². The smallest absolute Gasteiger partial charge is 0.205 e. The van der Waals surface area contributed by atoms with Crippen LogP contribution in [-0.2, 0) is 5.41 Å². The van der Waals surface area contributed by atoms with Crippen molar-refractivity contribution in [2.45, 2.75) is 26.2 Å². The van der Waals surface area contributed by atoms with E-state index in [-0.39, 0.29) is 5.41 Å². The minimum Gasteiger partial charge on any atom is -0.369 e. The molecule has 2 N–H and O–H groups in total. The number of nitrogens with two attached hydrogens (primary N) is 1. The molecule has 102 valence electrons. The largest absolute Gasteiger partial charge is 0.369 e. The average Bonchev–Trinajstić information content (AvgIpc) is 2.73. The molecule has 4 heteroatoms. The first kappa shape index (κ1) is 12.7. The number of nitrogens with zero attached hydrogens (tertiary/aromatic N) is 3. The molecule has 0 saturated heterocycles. The Bertz CT molecular complexity index is 765. The number of imidazole rings is 1. The molecule has 4 nitrogen and oxygen atoms in total. The van der Waals surface area contributed by atoms with Crippen LogP contribution >= 0.6 is 0 Å². The van der Waals surface area contributed by atoms with Gasteiger partial charge < -0.3 is 5.73 Å². The fourth-order valence-electron chi connectivity index (χ4n) is 2.51. The van der Waals surface area contributed by atoms with Gasteiger partial charge in [0.1, 0.15) is 5.52 Å². The van der Waals surface area contributed by atoms with Crippen molar-refractivity contribution in [3.63, 3.8) is 0 Å². The van der Waals surface area contributed by atoms with E-state index in [1.807, 2.05) is 16.7 Å². The molecule has 0 aliphatic carbocycles. The molecule has 0 aliphatic heterocycles. The molecule has 0 fully saturated rings. The van der Waals surface area contributed by atoms with Gasteiger partial charge in [-0.1, -0.05) is 39.0 Å². The van der Waals surface area contributed by atoms with Crippen molar-refractivity contribution < 1.29 is 0 Å². The van der Waals surface area contributed by atoms with E-state index in [1.165, 1.54) is 5.56 Å². The van der Waals surface area contributed by atoms with Crippen LogP contribution in [0.2, 0.25) is 0 Å². The van der Waals surface area contributed by atoms with Crippen molar-refractivity contribution in [3.05, 3.63) is 48.3 Å². The van der Waals surface area contributed by atoms with Crippen LogP contribution in [0.5, 0.6) is 0 Å². The van der Waals surface area contributed by atoms with Gasteiger partial charge in [-0.2, -0.15) is 0 Å². The Hall–Kier alpha value is -2.36. The number of benzene rings is 1. The molecule has 2 aromatic heterocycles. The maximum atomic E-state index is 6.12. The molecule has 0 aliphatic rings. The van der Waals surface area contributed by atoms with Gasteiger partial charge in [-0.05, 0) is 23.1 Å². The average molecular weight is 266 g/mol. The number of hydrogen-bond acceptors (Lipinski definition) is 3. The van der Waals surface area contributed by atoms with Crippen LogP contribution < -0.4 is 5.73 Å². The number of nitrogen functional groups attached to an aromatic ring is 1. The predicted molar refractivity (Wildman–Crippen MR) is 82.0 cm³/mol. The third kappa shape index (κ3) is 1.93. The van der Waals surface area contributed by atoms with Crippen LogP contribution in [0.3, 0.4) is 0 Å². The zero-order chi connectivity index (χ0) is 14.3. The SMILES string of the molecule is CC(C)(C)c1ccccc1-n1c(N)nc2cnccc21. The molecule has 20 heavy (non-hydrogen) atoms. The Labute approximate surface area is 118 Å². The normalized spacial score (nSPS) is 11.9. The maximum absolute atomic E-state index is 6.12. The summed E-state index contributed by atoms with van der Waals surface area (Å²) >= 11 is 0. The Morgan fingerprint density at radius 2 is 1.85 bits per heavy atom. The van der Waals surface area contributed by atoms with Gasteiger partial charge in [-0.15, -0.1) is 0 Å². The summed E-state index contributed by atoms with van der Waals surface area (Å²) in [6.45, 7) is 6.59. The van der Waals surface area contributed by atoms with Crippen molar-refractivity contribution in [2.75, 3.05) is 5.73 Å². The summed E-state index contributed by atoms with van der Waals surface area (Å²) in [4.78, 5) is 8.49. The highest BCUT2D eigenvalue weighted by atomic mass is 15.2. The molecule has 3 aromatic rings. The Morgan fingerprint density at radius 3 is 2.60 bits per heavy atom. The molecule has 0 amide bonds. The van der Waals surface area contributed by atoms with Crippen LogP contribution in [0.4, 0.5) is 5.95 Å². The van der Waals surface area contributed by atoms with E-state index in [9.17, 15) is 0 Å². The molecule has 2 heterocycles. The molecular formula is C16H18N4. The lowest BCUT2D eigenvalue weighted by molar-refractivity contribution is 0.587. The predicted octanol–water partition coefficient (Wildman–Crippen LogP) is 3.30. The van der Waals surface area contributed by atoms with E-state index < -0.39 is 0 Å². The van der Waals surface area contributed by atoms with E-state index in [1.54, 1.807) is 12.4 Å². The van der Waals surface area contributed by atoms with Gasteiger partial charge in [0, 0.05) is 6.20 Å². The maximum Gasteiger partial charge on any atom is 0.205 e. The van der Waals surface area contributed by atoms with Crippen LogP contribution in [0, 0.1) is 0 Å². The fourth-order valence-corrected chi connectivity index (χ4v) is 2.51. The lowest BCUT2D eigenvalue weighted by Crippen LogP contribution is -2.15. The minimum atomic E-state index is 0.0344. The second-order valence-corrected chi connectivity index (χ2v) is 5.94. The quantitative estimate of drug-likeness (QED) is 0.735. The highest BCUT2D eigenvalue weighted by molar-refractivity contribution is 5.80. The van der Waals surface area contributed by atoms with Crippen molar-refractivity contribution in [1.29, 1.82) is 0 Å². The molecule has 0 spiro atoms. The number of anilines is 1. The third-order valence-electron chi connectivity index (χ3n) is 3.44. The summed E-state index contributed by atoms with van der Waals surface area (Å²) < 4.78 is 2.00. The van der Waals surface area contributed by atoms with Crippen LogP contribution in [0.1, 0.15) is 26.3 Å². The van der Waals surface area contributed by atoms with E-state index >= 15 is 0 Å². The number of pyridine rings is 1. The van der Waals surface area contributed by atoms with Gasteiger partial charge >= 0.3 is 0 Å². The number of hydrogen-bond donors (Lipinski definition) is 1. The van der Waals surface area contributed by atoms with E-state index in [4.69, 9.17) is 5.73 Å². The highest BCUT2D eigenvalue weighted by Crippen LogP contribution is 2.31. The topological polar surface area (TPSA) is 56.7 Å². The molecule has 0 atom stereocenters. The zero-order valence-corrected chi connectivity index (χ0v) is 12.0. The molecule has 0 unspecified atom stereocenters. The van der Waals surface area contributed by atoms with Gasteiger partial charge in [0.2, 0.25) is 5.95 Å². The Kier molecular flexibility index (Phi) is 2.74. The second kappa shape index (κ2) is 4.34. The van der Waals surface area contributed by atoms with E-state index in [0.717, 1.165) is 16.7 Å². The first-order valence-corrected chi connectivity index (χ1v) is 6.66. The standard InChI is InChI=1S/C16H18N4/c1-16(2,3)11-6-4-5-7-13(11)20-14-8-9-18-10-12(14)19-15(20)17/h4-10H,1-3H3,(H2,17,19). The van der Waals surface area contributed by atoms with Gasteiger partial charge in [0.05, 0.1) is 17.4 Å². The monoisotopic (exact) mass is 266 g/mol. The lowest BCUT2D eigenvalue weighted by atomic mass is 9.85. The van der Waals surface area contributed by atoms with Gasteiger partial charge in [0.15, 0.2) is 0 Å². The van der Waals surface area contributed by atoms with E-state index in [0.29, 0.717) is 5.95 Å². The summed E-state index contributed by atoms with van der Waals surface area (Å²) in [5, 5.41) is 0. The Morgan fingerprint density at radius 1 is 1.10 bits per heavy atom. The second-order valence-electron chi connectivity index (χ2n) is 5.94. The number of aromatic nitrogens is 3. The minimum absolute atomic E-state index is 0.0344. The van der Waals surface area contributed by atoms with Crippen molar-refractivity contribution in [1.82, 2.24) is 14.5 Å². The van der Waals surface area contributed by atoms with Gasteiger partial charge in [-0.3, -0.25) is 9.55 Å². The highest BCUT2D eigenvalue weighted by Gasteiger charge is 2.20. The summed E-state index contributed by atoms with van der Waals surface area (Å²) in [6.07, 6.45) is 3.50. The lowest BCUT2D eigenvalue weighted by Gasteiger charge is -2.23. The molecule has 0 radical (unpaired) electrons. The molecule has 0 saturated carbocycles. The summed E-state index contributed by atoms with van der Waals surface area (Å²) in [5.74, 6) is 0.490. The molecule has 0 bridgehead atoms. The number of rotatable bonds is 1. The fraction of sp³-hybridized carbons (Fsp3) is 0.250. The first-order valence-electron chi connectivity index (χ1n) is 6.66. The summed E-state index contributed by atoms with van der Waals surface area (Å²) in [6, 6.07) is 10.2. The van der Waals surface area contributed by atoms with E-state index in [2.05, 4.69) is 48.9 Å². The first-order chi connectivity index (χ1) is 9.48. The van der Waals surface area contributed by atoms with Crippen molar-refractivity contribution >= 4 is 17.0 Å². The number of para-hydroxylation sites is 1. The molecule has 1 aromatic carbocycles. The molecule has 3 rings (SSSR count). The van der Waals surface area contributed by atoms with Crippen LogP contribution in [0.15, 0.2) is 42.7 Å². The Balaban J connectivity index is 2.35. The van der Waals surface area contributed by atoms with Crippen LogP contribution in [-0.4, -0.2) is 14.5 Å².